The molecule has 3 nitrogen and oxygen atoms in total. The van der Waals surface area contributed by atoms with Crippen LogP contribution in [0.5, 0.6) is 0 Å². The van der Waals surface area contributed by atoms with Gasteiger partial charge in [0.1, 0.15) is 5.82 Å². The zero-order valence-corrected chi connectivity index (χ0v) is 14.6. The third-order valence-electron chi connectivity index (χ3n) is 4.69. The van der Waals surface area contributed by atoms with Crippen molar-refractivity contribution in [3.05, 3.63) is 59.2 Å². The van der Waals surface area contributed by atoms with E-state index in [4.69, 9.17) is 0 Å². The lowest BCUT2D eigenvalue weighted by Gasteiger charge is -2.25. The largest absolute Gasteiger partial charge is 0.416 e. The smallest absolute Gasteiger partial charge is 0.370 e. The molecule has 2 aromatic rings. The molecule has 140 valence electrons. The number of anilines is 1. The van der Waals surface area contributed by atoms with Crippen LogP contribution in [-0.4, -0.2) is 36.1 Å². The van der Waals surface area contributed by atoms with Crippen LogP contribution in [0.25, 0.3) is 0 Å². The highest BCUT2D eigenvalue weighted by atomic mass is 19.4. The lowest BCUT2D eigenvalue weighted by atomic mass is 10.1. The normalized spacial score (nSPS) is 16.6. The van der Waals surface area contributed by atoms with Crippen LogP contribution in [0, 0.1) is 12.7 Å². The van der Waals surface area contributed by atoms with Gasteiger partial charge in [-0.3, -0.25) is 9.88 Å². The molecule has 0 atom stereocenters. The number of rotatable bonds is 3. The Bertz CT molecular complexity index is 761. The summed E-state index contributed by atoms with van der Waals surface area (Å²) in [4.78, 5) is 8.36. The molecule has 1 aromatic carbocycles. The fourth-order valence-electron chi connectivity index (χ4n) is 3.30. The second-order valence-corrected chi connectivity index (χ2v) is 6.58. The van der Waals surface area contributed by atoms with Crippen LogP contribution in [0.1, 0.15) is 23.1 Å². The Balaban J connectivity index is 1.70. The Labute approximate surface area is 150 Å². The second kappa shape index (κ2) is 7.61. The summed E-state index contributed by atoms with van der Waals surface area (Å²) >= 11 is 0. The fourth-order valence-corrected chi connectivity index (χ4v) is 3.30. The molecule has 1 aliphatic rings. The molecule has 1 saturated heterocycles. The van der Waals surface area contributed by atoms with Gasteiger partial charge in [-0.15, -0.1) is 0 Å². The van der Waals surface area contributed by atoms with Crippen molar-refractivity contribution in [3.8, 4) is 0 Å². The standard InChI is InChI=1S/C19H21F4N3/c1-14-12-24-6-5-18(14)26-8-2-7-25(9-10-26)13-15-11-16(19(21,22)23)3-4-17(15)20/h3-6,11-12H,2,7-10,13H2,1H3. The van der Waals surface area contributed by atoms with E-state index < -0.39 is 17.6 Å². The lowest BCUT2D eigenvalue weighted by Crippen LogP contribution is -2.31. The number of benzene rings is 1. The summed E-state index contributed by atoms with van der Waals surface area (Å²) in [6.45, 7) is 5.16. The average molecular weight is 367 g/mol. The van der Waals surface area contributed by atoms with E-state index in [-0.39, 0.29) is 12.1 Å². The van der Waals surface area contributed by atoms with Crippen LogP contribution in [0.2, 0.25) is 0 Å². The molecule has 1 aliphatic heterocycles. The summed E-state index contributed by atoms with van der Waals surface area (Å²) < 4.78 is 52.6. The van der Waals surface area contributed by atoms with Crippen molar-refractivity contribution >= 4 is 5.69 Å². The minimum absolute atomic E-state index is 0.0911. The molecule has 2 heterocycles. The van der Waals surface area contributed by atoms with Crippen molar-refractivity contribution in [2.24, 2.45) is 0 Å². The van der Waals surface area contributed by atoms with Crippen LogP contribution >= 0.6 is 0 Å². The van der Waals surface area contributed by atoms with Gasteiger partial charge in [-0.1, -0.05) is 0 Å². The molecule has 0 aliphatic carbocycles. The third-order valence-corrected chi connectivity index (χ3v) is 4.69. The maximum absolute atomic E-state index is 14.0. The van der Waals surface area contributed by atoms with E-state index in [0.717, 1.165) is 55.5 Å². The van der Waals surface area contributed by atoms with Gasteiger partial charge >= 0.3 is 6.18 Å². The van der Waals surface area contributed by atoms with Gasteiger partial charge in [-0.2, -0.15) is 13.2 Å². The molecule has 0 radical (unpaired) electrons. The van der Waals surface area contributed by atoms with Gasteiger partial charge in [0.2, 0.25) is 0 Å². The minimum Gasteiger partial charge on any atom is -0.370 e. The van der Waals surface area contributed by atoms with E-state index >= 15 is 0 Å². The van der Waals surface area contributed by atoms with E-state index in [0.29, 0.717) is 6.54 Å². The van der Waals surface area contributed by atoms with Crippen LogP contribution < -0.4 is 4.90 Å². The first-order valence-electron chi connectivity index (χ1n) is 8.58. The highest BCUT2D eigenvalue weighted by molar-refractivity contribution is 5.51. The number of alkyl halides is 3. The number of halogens is 4. The molecule has 1 fully saturated rings. The van der Waals surface area contributed by atoms with Gasteiger partial charge in [-0.05, 0) is 43.2 Å². The van der Waals surface area contributed by atoms with E-state index in [9.17, 15) is 17.6 Å². The first-order valence-corrected chi connectivity index (χ1v) is 8.58. The molecule has 7 heteroatoms. The molecule has 1 aromatic heterocycles. The minimum atomic E-state index is -4.46. The number of aryl methyl sites for hydroxylation is 1. The molecule has 0 spiro atoms. The Morgan fingerprint density at radius 1 is 1.08 bits per heavy atom. The van der Waals surface area contributed by atoms with Gasteiger partial charge in [0.15, 0.2) is 0 Å². The molecule has 0 bridgehead atoms. The van der Waals surface area contributed by atoms with Crippen LogP contribution in [0.4, 0.5) is 23.2 Å². The van der Waals surface area contributed by atoms with Crippen molar-refractivity contribution in [3.63, 3.8) is 0 Å². The molecule has 0 saturated carbocycles. The van der Waals surface area contributed by atoms with Crippen LogP contribution in [-0.2, 0) is 12.7 Å². The van der Waals surface area contributed by atoms with E-state index in [1.54, 1.807) is 6.20 Å². The Morgan fingerprint density at radius 2 is 1.88 bits per heavy atom. The van der Waals surface area contributed by atoms with Crippen LogP contribution in [0.15, 0.2) is 36.7 Å². The molecule has 26 heavy (non-hydrogen) atoms. The summed E-state index contributed by atoms with van der Waals surface area (Å²) in [7, 11) is 0. The van der Waals surface area contributed by atoms with Gasteiger partial charge in [0, 0.05) is 56.4 Å². The van der Waals surface area contributed by atoms with Crippen molar-refractivity contribution in [2.45, 2.75) is 26.1 Å². The second-order valence-electron chi connectivity index (χ2n) is 6.58. The summed E-state index contributed by atoms with van der Waals surface area (Å²) in [6, 6.07) is 4.58. The first kappa shape index (κ1) is 18.6. The Hall–Kier alpha value is -2.15. The maximum Gasteiger partial charge on any atom is 0.416 e. The van der Waals surface area contributed by atoms with Crippen molar-refractivity contribution in [1.29, 1.82) is 0 Å². The molecular weight excluding hydrogens is 346 g/mol. The zero-order chi connectivity index (χ0) is 18.7. The van der Waals surface area contributed by atoms with E-state index in [2.05, 4.69) is 9.88 Å². The summed E-state index contributed by atoms with van der Waals surface area (Å²) in [5.74, 6) is -0.593. The molecule has 0 unspecified atom stereocenters. The monoisotopic (exact) mass is 367 g/mol. The Kier molecular flexibility index (Phi) is 5.46. The topological polar surface area (TPSA) is 19.4 Å². The predicted octanol–water partition coefficient (Wildman–Crippen LogP) is 4.26. The number of aromatic nitrogens is 1. The summed E-state index contributed by atoms with van der Waals surface area (Å²) in [6.07, 6.45) is -0.0295. The van der Waals surface area contributed by atoms with Crippen molar-refractivity contribution < 1.29 is 17.6 Å². The summed E-state index contributed by atoms with van der Waals surface area (Å²) in [5, 5.41) is 0. The highest BCUT2D eigenvalue weighted by Crippen LogP contribution is 2.30. The van der Waals surface area contributed by atoms with Gasteiger partial charge < -0.3 is 4.90 Å². The maximum atomic E-state index is 14.0. The van der Waals surface area contributed by atoms with Gasteiger partial charge in [0.25, 0.3) is 0 Å². The SMILES string of the molecule is Cc1cnccc1N1CCCN(Cc2cc(C(F)(F)F)ccc2F)CC1. The van der Waals surface area contributed by atoms with Gasteiger partial charge in [0.05, 0.1) is 5.56 Å². The number of nitrogens with zero attached hydrogens (tertiary/aromatic N) is 3. The first-order chi connectivity index (χ1) is 12.3. The fraction of sp³-hybridized carbons (Fsp3) is 0.421. The number of pyridine rings is 1. The van der Waals surface area contributed by atoms with E-state index in [1.807, 2.05) is 24.1 Å². The molecule has 0 N–H and O–H groups in total. The molecule has 3 rings (SSSR count). The number of hydrogen-bond acceptors (Lipinski definition) is 3. The number of hydrogen-bond donors (Lipinski definition) is 0. The van der Waals surface area contributed by atoms with E-state index in [1.165, 1.54) is 0 Å². The van der Waals surface area contributed by atoms with Crippen LogP contribution in [0.3, 0.4) is 0 Å². The highest BCUT2D eigenvalue weighted by Gasteiger charge is 2.31. The predicted molar refractivity (Wildman–Crippen MR) is 92.5 cm³/mol. The van der Waals surface area contributed by atoms with Crippen molar-refractivity contribution in [2.75, 3.05) is 31.1 Å². The molecule has 0 amide bonds. The van der Waals surface area contributed by atoms with Crippen molar-refractivity contribution in [1.82, 2.24) is 9.88 Å². The summed E-state index contributed by atoms with van der Waals surface area (Å²) in [5.41, 5.74) is 1.49. The average Bonchev–Trinajstić information content (AvgIpc) is 2.82. The third kappa shape index (κ3) is 4.33. The zero-order valence-electron chi connectivity index (χ0n) is 14.6. The lowest BCUT2D eigenvalue weighted by molar-refractivity contribution is -0.137. The van der Waals surface area contributed by atoms with Gasteiger partial charge in [-0.25, -0.2) is 4.39 Å². The quantitative estimate of drug-likeness (QED) is 0.756. The molecular formula is C19H21F4N3. The Morgan fingerprint density at radius 3 is 2.62 bits per heavy atom.